The van der Waals surface area contributed by atoms with Gasteiger partial charge in [-0.1, -0.05) is 41.7 Å². The van der Waals surface area contributed by atoms with Gasteiger partial charge in [0, 0.05) is 32.9 Å². The van der Waals surface area contributed by atoms with Crippen molar-refractivity contribution in [3.8, 4) is 0 Å². The summed E-state index contributed by atoms with van der Waals surface area (Å²) in [4.78, 5) is 86.9. The molecule has 17 nitrogen and oxygen atoms in total. The van der Waals surface area contributed by atoms with Gasteiger partial charge in [0.05, 0.1) is 61.8 Å². The van der Waals surface area contributed by atoms with E-state index < -0.39 is 29.5 Å². The Bertz CT molecular complexity index is 2740. The molecule has 6 heterocycles. The maximum Gasteiger partial charge on any atom is 0.313 e. The van der Waals surface area contributed by atoms with E-state index in [-0.39, 0.29) is 35.2 Å². The van der Waals surface area contributed by atoms with Gasteiger partial charge in [-0.3, -0.25) is 29.0 Å². The van der Waals surface area contributed by atoms with Gasteiger partial charge < -0.3 is 42.5 Å². The SMILES string of the molecule is CNc1nc2cc([C@@H]3CC[C@@H](CCNc4nc5cc([C@H]6CC[C@H](C)CN6C(=O)C(=O)Nc6cncc(C(N)=O)c6)ccc5s4)CN3C(=O)C(=O)Nc3cnc(N)c(C)c3)ccc2s1. The first kappa shape index (κ1) is 42.9. The highest BCUT2D eigenvalue weighted by atomic mass is 32.1. The molecular weight excluding hydrogens is 841 g/mol. The van der Waals surface area contributed by atoms with Gasteiger partial charge in [-0.15, -0.1) is 0 Å². The average Bonchev–Trinajstić information content (AvgIpc) is 3.90. The fraction of sp³-hybridized carbons (Fsp3) is 0.341. The van der Waals surface area contributed by atoms with Crippen LogP contribution in [0, 0.1) is 18.8 Å². The van der Waals surface area contributed by atoms with Crippen molar-refractivity contribution in [2.45, 2.75) is 58.0 Å². The predicted octanol–water partition coefficient (Wildman–Crippen LogP) is 6.09. The lowest BCUT2D eigenvalue weighted by atomic mass is 9.87. The molecule has 0 spiro atoms. The quantitative estimate of drug-likeness (QED) is 0.0857. The Morgan fingerprint density at radius 2 is 1.37 bits per heavy atom. The number of nitrogen functional groups attached to an aromatic ring is 1. The van der Waals surface area contributed by atoms with Gasteiger partial charge in [0.25, 0.3) is 0 Å². The number of aryl methyl sites for hydroxylation is 1. The van der Waals surface area contributed by atoms with E-state index in [0.29, 0.717) is 49.5 Å². The number of aromatic nitrogens is 4. The topological polar surface area (TPSA) is 244 Å². The van der Waals surface area contributed by atoms with E-state index in [1.807, 2.05) is 43.4 Å². The number of primary amides is 1. The summed E-state index contributed by atoms with van der Waals surface area (Å²) in [5.74, 6) is -2.89. The predicted molar refractivity (Wildman–Crippen MR) is 245 cm³/mol. The number of nitrogens with zero attached hydrogens (tertiary/aromatic N) is 6. The summed E-state index contributed by atoms with van der Waals surface area (Å²) in [5, 5.41) is 13.4. The van der Waals surface area contributed by atoms with E-state index in [9.17, 15) is 24.0 Å². The van der Waals surface area contributed by atoms with Crippen molar-refractivity contribution >= 4 is 100 Å². The number of hydrogen-bond donors (Lipinski definition) is 6. The lowest BCUT2D eigenvalue weighted by molar-refractivity contribution is -0.146. The van der Waals surface area contributed by atoms with E-state index in [0.717, 1.165) is 61.1 Å². The van der Waals surface area contributed by atoms with Gasteiger partial charge in [0.1, 0.15) is 5.82 Å². The highest BCUT2D eigenvalue weighted by Gasteiger charge is 2.37. The van der Waals surface area contributed by atoms with Crippen LogP contribution in [0.15, 0.2) is 67.1 Å². The molecule has 0 bridgehead atoms. The van der Waals surface area contributed by atoms with Gasteiger partial charge in [-0.2, -0.15) is 0 Å². The van der Waals surface area contributed by atoms with Crippen molar-refractivity contribution in [1.29, 1.82) is 0 Å². The number of pyridine rings is 2. The molecule has 326 valence electrons. The number of carbonyl (C=O) groups is 5. The fourth-order valence-corrected chi connectivity index (χ4v) is 10.0. The molecule has 8 rings (SSSR count). The van der Waals surface area contributed by atoms with Crippen molar-refractivity contribution in [2.24, 2.45) is 17.6 Å². The molecule has 2 saturated heterocycles. The second kappa shape index (κ2) is 18.3. The summed E-state index contributed by atoms with van der Waals surface area (Å²) >= 11 is 3.08. The maximum absolute atomic E-state index is 14.0. The summed E-state index contributed by atoms with van der Waals surface area (Å²) < 4.78 is 2.00. The number of likely N-dealkylation sites (tertiary alicyclic amines) is 2. The number of amides is 5. The Morgan fingerprint density at radius 1 is 0.762 bits per heavy atom. The highest BCUT2D eigenvalue weighted by molar-refractivity contribution is 7.22. The van der Waals surface area contributed by atoms with Crippen LogP contribution in [0.4, 0.5) is 27.5 Å². The molecule has 5 amide bonds. The molecule has 19 heteroatoms. The zero-order valence-corrected chi connectivity index (χ0v) is 36.6. The molecule has 2 aromatic carbocycles. The summed E-state index contributed by atoms with van der Waals surface area (Å²) in [6.07, 6.45) is 7.91. The lowest BCUT2D eigenvalue weighted by Crippen LogP contribution is -2.47. The first-order chi connectivity index (χ1) is 30.3. The second-order valence-corrected chi connectivity index (χ2v) is 18.3. The number of rotatable bonds is 10. The highest BCUT2D eigenvalue weighted by Crippen LogP contribution is 2.39. The first-order valence-corrected chi connectivity index (χ1v) is 22.4. The molecule has 0 unspecified atom stereocenters. The molecule has 6 aromatic rings. The van der Waals surface area contributed by atoms with Gasteiger partial charge in [0.2, 0.25) is 5.91 Å². The van der Waals surface area contributed by atoms with E-state index in [1.165, 1.54) is 36.0 Å². The normalized spacial score (nSPS) is 18.8. The molecule has 2 fully saturated rings. The minimum Gasteiger partial charge on any atom is -0.383 e. The Kier molecular flexibility index (Phi) is 12.5. The van der Waals surface area contributed by atoms with Crippen LogP contribution < -0.4 is 32.7 Å². The molecule has 8 N–H and O–H groups in total. The second-order valence-electron chi connectivity index (χ2n) is 16.2. The molecule has 2 aliphatic heterocycles. The van der Waals surface area contributed by atoms with Gasteiger partial charge in [-0.05, 0) is 104 Å². The van der Waals surface area contributed by atoms with Gasteiger partial charge >= 0.3 is 23.6 Å². The molecule has 4 aromatic heterocycles. The number of benzene rings is 2. The molecule has 0 radical (unpaired) electrons. The largest absolute Gasteiger partial charge is 0.383 e. The van der Waals surface area contributed by atoms with Crippen LogP contribution in [0.2, 0.25) is 0 Å². The molecule has 0 aliphatic carbocycles. The Hall–Kier alpha value is -6.73. The molecule has 4 atom stereocenters. The van der Waals surface area contributed by atoms with Crippen molar-refractivity contribution in [2.75, 3.05) is 53.7 Å². The maximum atomic E-state index is 14.0. The zero-order chi connectivity index (χ0) is 44.4. The molecular formula is C44H48N12O5S2. The Balaban J connectivity index is 0.934. The summed E-state index contributed by atoms with van der Waals surface area (Å²) in [6, 6.07) is 14.4. The Labute approximate surface area is 371 Å². The number of nitrogens with one attached hydrogen (secondary N) is 4. The van der Waals surface area contributed by atoms with Crippen LogP contribution in [-0.4, -0.2) is 86.0 Å². The standard InChI is InChI=1S/C44H48N12O5S2/c1-23-4-8-33(55(21-23)41(60)39(58)52-30-15-28(38(46)57)18-48-19-30)26-7-11-36-32(17-26)54-44(63-36)49-13-12-25-5-9-34(27-6-10-35-31(16-27)53-43(47-3)62-35)56(22-25)42(61)40(59)51-29-14-24(2)37(45)50-20-29/h6-7,10-11,14-20,23,25,33-34H,4-5,8-9,12-13,21-22H2,1-3H3,(H2,45,50)(H2,46,57)(H,47,53)(H,49,54)(H,51,59)(H,52,58)/t23-,25-,33+,34-/m0/s1. The van der Waals surface area contributed by atoms with Crippen molar-refractivity contribution < 1.29 is 24.0 Å². The summed E-state index contributed by atoms with van der Waals surface area (Å²) in [6.45, 7) is 5.24. The minimum absolute atomic E-state index is 0.114. The summed E-state index contributed by atoms with van der Waals surface area (Å²) in [5.41, 5.74) is 16.1. The monoisotopic (exact) mass is 888 g/mol. The van der Waals surface area contributed by atoms with Crippen LogP contribution in [0.1, 0.15) is 78.2 Å². The van der Waals surface area contributed by atoms with Gasteiger partial charge in [0.15, 0.2) is 10.3 Å². The van der Waals surface area contributed by atoms with Crippen molar-refractivity contribution in [3.63, 3.8) is 0 Å². The van der Waals surface area contributed by atoms with E-state index >= 15 is 0 Å². The van der Waals surface area contributed by atoms with Crippen molar-refractivity contribution in [1.82, 2.24) is 29.7 Å². The number of nitrogens with two attached hydrogens (primary N) is 2. The number of thiazole rings is 2. The Morgan fingerprint density at radius 3 is 2.00 bits per heavy atom. The summed E-state index contributed by atoms with van der Waals surface area (Å²) in [7, 11) is 1.83. The van der Waals surface area contributed by atoms with Crippen LogP contribution >= 0.6 is 22.7 Å². The third-order valence-electron chi connectivity index (χ3n) is 11.7. The fourth-order valence-electron chi connectivity index (χ4n) is 8.37. The van der Waals surface area contributed by atoms with Crippen molar-refractivity contribution in [3.05, 3.63) is 89.4 Å². The number of anilines is 5. The number of hydrogen-bond acceptors (Lipinski definition) is 14. The minimum atomic E-state index is -0.825. The van der Waals surface area contributed by atoms with Gasteiger partial charge in [-0.25, -0.2) is 15.0 Å². The molecule has 2 aliphatic rings. The van der Waals surface area contributed by atoms with E-state index in [1.54, 1.807) is 34.1 Å². The number of fused-ring (bicyclic) bond motifs is 2. The number of piperidine rings is 2. The van der Waals surface area contributed by atoms with E-state index in [4.69, 9.17) is 16.5 Å². The third-order valence-corrected chi connectivity index (χ3v) is 13.7. The molecule has 0 saturated carbocycles. The smallest absolute Gasteiger partial charge is 0.313 e. The first-order valence-electron chi connectivity index (χ1n) is 20.8. The molecule has 63 heavy (non-hydrogen) atoms. The lowest BCUT2D eigenvalue weighted by Gasteiger charge is -2.39. The average molecular weight is 889 g/mol. The van der Waals surface area contributed by atoms with Crippen LogP contribution in [0.5, 0.6) is 0 Å². The van der Waals surface area contributed by atoms with E-state index in [2.05, 4.69) is 43.1 Å². The third kappa shape index (κ3) is 9.53. The van der Waals surface area contributed by atoms with Crippen LogP contribution in [-0.2, 0) is 19.2 Å². The van der Waals surface area contributed by atoms with Crippen LogP contribution in [0.3, 0.4) is 0 Å². The number of carbonyl (C=O) groups excluding carboxylic acids is 5. The zero-order valence-electron chi connectivity index (χ0n) is 35.0. The van der Waals surface area contributed by atoms with Crippen LogP contribution in [0.25, 0.3) is 20.4 Å².